The maximum atomic E-state index is 4.58. The molecule has 1 aromatic carbocycles. The van der Waals surface area contributed by atoms with Crippen molar-refractivity contribution in [2.45, 2.75) is 19.9 Å². The smallest absolute Gasteiger partial charge is 0.157 e. The van der Waals surface area contributed by atoms with Crippen LogP contribution in [0.3, 0.4) is 0 Å². The van der Waals surface area contributed by atoms with Crippen molar-refractivity contribution in [1.82, 2.24) is 19.6 Å². The SMILES string of the molecule is CCc1cc(NCc2scnc2-c2ccccc2)n2nccc2n1. The van der Waals surface area contributed by atoms with Gasteiger partial charge < -0.3 is 5.32 Å². The van der Waals surface area contributed by atoms with E-state index in [1.165, 1.54) is 4.88 Å². The van der Waals surface area contributed by atoms with Gasteiger partial charge in [0.1, 0.15) is 5.82 Å². The van der Waals surface area contributed by atoms with Crippen molar-refractivity contribution >= 4 is 22.8 Å². The minimum Gasteiger partial charge on any atom is -0.365 e. The van der Waals surface area contributed by atoms with Crippen LogP contribution in [0.2, 0.25) is 0 Å². The Balaban J connectivity index is 1.63. The normalized spacial score (nSPS) is 11.0. The van der Waals surface area contributed by atoms with Crippen LogP contribution in [0.25, 0.3) is 16.9 Å². The molecular formula is C18H17N5S. The van der Waals surface area contributed by atoms with Gasteiger partial charge in [0.15, 0.2) is 5.65 Å². The number of hydrogen-bond acceptors (Lipinski definition) is 5. The van der Waals surface area contributed by atoms with E-state index in [0.29, 0.717) is 6.54 Å². The number of nitrogens with zero attached hydrogens (tertiary/aromatic N) is 4. The van der Waals surface area contributed by atoms with Crippen molar-refractivity contribution < 1.29 is 0 Å². The molecule has 0 aliphatic rings. The van der Waals surface area contributed by atoms with Gasteiger partial charge in [-0.25, -0.2) is 9.97 Å². The second kappa shape index (κ2) is 6.41. The Morgan fingerprint density at radius 1 is 1.17 bits per heavy atom. The summed E-state index contributed by atoms with van der Waals surface area (Å²) in [6.45, 7) is 2.81. The number of aromatic nitrogens is 4. The number of fused-ring (bicyclic) bond motifs is 1. The fraction of sp³-hybridized carbons (Fsp3) is 0.167. The molecule has 0 bridgehead atoms. The molecule has 3 heterocycles. The van der Waals surface area contributed by atoms with E-state index in [2.05, 4.69) is 45.5 Å². The zero-order valence-corrected chi connectivity index (χ0v) is 14.1. The quantitative estimate of drug-likeness (QED) is 0.598. The van der Waals surface area contributed by atoms with Crippen molar-refractivity contribution in [2.24, 2.45) is 0 Å². The van der Waals surface area contributed by atoms with E-state index in [1.807, 2.05) is 34.3 Å². The van der Waals surface area contributed by atoms with Crippen molar-refractivity contribution in [2.75, 3.05) is 5.32 Å². The molecule has 0 unspecified atom stereocenters. The fourth-order valence-corrected chi connectivity index (χ4v) is 3.39. The molecule has 4 aromatic rings. The monoisotopic (exact) mass is 335 g/mol. The number of hydrogen-bond donors (Lipinski definition) is 1. The first kappa shape index (κ1) is 14.8. The summed E-state index contributed by atoms with van der Waals surface area (Å²) in [4.78, 5) is 10.3. The van der Waals surface area contributed by atoms with Gasteiger partial charge >= 0.3 is 0 Å². The molecule has 0 aliphatic heterocycles. The van der Waals surface area contributed by atoms with Gasteiger partial charge in [-0.1, -0.05) is 37.3 Å². The van der Waals surface area contributed by atoms with Gasteiger partial charge in [0.2, 0.25) is 0 Å². The van der Waals surface area contributed by atoms with Gasteiger partial charge in [-0.15, -0.1) is 11.3 Å². The molecule has 4 rings (SSSR count). The highest BCUT2D eigenvalue weighted by Crippen LogP contribution is 2.26. The largest absolute Gasteiger partial charge is 0.365 e. The highest BCUT2D eigenvalue weighted by Gasteiger charge is 2.10. The molecule has 0 aliphatic carbocycles. The topological polar surface area (TPSA) is 55.1 Å². The number of aryl methyl sites for hydroxylation is 1. The standard InChI is InChI=1S/C18H17N5S/c1-2-14-10-17(23-16(22-14)8-9-21-23)19-11-15-18(20-12-24-15)13-6-4-3-5-7-13/h3-10,12,19H,2,11H2,1H3. The first-order valence-corrected chi connectivity index (χ1v) is 8.78. The number of benzene rings is 1. The van der Waals surface area contributed by atoms with Crippen molar-refractivity contribution in [1.29, 1.82) is 0 Å². The van der Waals surface area contributed by atoms with Crippen LogP contribution in [-0.4, -0.2) is 19.6 Å². The Morgan fingerprint density at radius 2 is 2.04 bits per heavy atom. The molecule has 5 nitrogen and oxygen atoms in total. The van der Waals surface area contributed by atoms with Gasteiger partial charge in [-0.05, 0) is 6.42 Å². The van der Waals surface area contributed by atoms with E-state index in [4.69, 9.17) is 0 Å². The van der Waals surface area contributed by atoms with E-state index >= 15 is 0 Å². The summed E-state index contributed by atoms with van der Waals surface area (Å²) < 4.78 is 1.84. The Hall–Kier alpha value is -2.73. The third-order valence-corrected chi connectivity index (χ3v) is 4.73. The minimum absolute atomic E-state index is 0.705. The van der Waals surface area contributed by atoms with Gasteiger partial charge in [-0.3, -0.25) is 0 Å². The average molecular weight is 335 g/mol. The van der Waals surface area contributed by atoms with Crippen LogP contribution in [0.4, 0.5) is 5.82 Å². The molecule has 0 saturated carbocycles. The summed E-state index contributed by atoms with van der Waals surface area (Å²) in [6, 6.07) is 14.3. The van der Waals surface area contributed by atoms with Gasteiger partial charge in [0, 0.05) is 23.4 Å². The molecule has 24 heavy (non-hydrogen) atoms. The number of thiazole rings is 1. The van der Waals surface area contributed by atoms with E-state index in [9.17, 15) is 0 Å². The predicted molar refractivity (Wildman–Crippen MR) is 97.2 cm³/mol. The second-order valence-electron chi connectivity index (χ2n) is 5.43. The maximum absolute atomic E-state index is 4.58. The molecule has 3 aromatic heterocycles. The van der Waals surface area contributed by atoms with Crippen LogP contribution in [0.1, 0.15) is 17.5 Å². The lowest BCUT2D eigenvalue weighted by atomic mass is 10.1. The third-order valence-electron chi connectivity index (χ3n) is 3.89. The molecule has 120 valence electrons. The summed E-state index contributed by atoms with van der Waals surface area (Å²) in [7, 11) is 0. The zero-order chi connectivity index (χ0) is 16.4. The molecule has 0 radical (unpaired) electrons. The number of anilines is 1. The maximum Gasteiger partial charge on any atom is 0.157 e. The first-order valence-electron chi connectivity index (χ1n) is 7.90. The van der Waals surface area contributed by atoms with E-state index in [-0.39, 0.29) is 0 Å². The highest BCUT2D eigenvalue weighted by molar-refractivity contribution is 7.10. The van der Waals surface area contributed by atoms with Crippen LogP contribution in [0.5, 0.6) is 0 Å². The average Bonchev–Trinajstić information content (AvgIpc) is 3.29. The molecule has 0 atom stereocenters. The van der Waals surface area contributed by atoms with E-state index in [0.717, 1.165) is 34.8 Å². The number of nitrogens with one attached hydrogen (secondary N) is 1. The summed E-state index contributed by atoms with van der Waals surface area (Å²) >= 11 is 1.66. The number of rotatable bonds is 5. The molecule has 6 heteroatoms. The summed E-state index contributed by atoms with van der Waals surface area (Å²) in [5, 5.41) is 7.85. The predicted octanol–water partition coefficient (Wildman–Crippen LogP) is 4.03. The summed E-state index contributed by atoms with van der Waals surface area (Å²) in [5.41, 5.74) is 5.99. The molecule has 0 saturated heterocycles. The van der Waals surface area contributed by atoms with Gasteiger partial charge in [-0.2, -0.15) is 9.61 Å². The second-order valence-corrected chi connectivity index (χ2v) is 6.37. The molecule has 1 N–H and O–H groups in total. The zero-order valence-electron chi connectivity index (χ0n) is 13.3. The van der Waals surface area contributed by atoms with Crippen molar-refractivity contribution in [3.05, 3.63) is 64.7 Å². The van der Waals surface area contributed by atoms with Gasteiger partial charge in [0.05, 0.1) is 28.8 Å². The summed E-state index contributed by atoms with van der Waals surface area (Å²) in [6.07, 6.45) is 2.67. The Morgan fingerprint density at radius 3 is 2.88 bits per heavy atom. The lowest BCUT2D eigenvalue weighted by molar-refractivity contribution is 0.904. The van der Waals surface area contributed by atoms with E-state index in [1.54, 1.807) is 17.5 Å². The van der Waals surface area contributed by atoms with Crippen LogP contribution < -0.4 is 5.32 Å². The molecule has 0 amide bonds. The Bertz CT molecular complexity index is 958. The van der Waals surface area contributed by atoms with Crippen LogP contribution in [0.15, 0.2) is 54.2 Å². The van der Waals surface area contributed by atoms with Crippen molar-refractivity contribution in [3.63, 3.8) is 0 Å². The Labute approximate surface area is 144 Å². The lowest BCUT2D eigenvalue weighted by Gasteiger charge is -2.10. The van der Waals surface area contributed by atoms with Crippen LogP contribution in [0, 0.1) is 0 Å². The molecule has 0 spiro atoms. The van der Waals surface area contributed by atoms with Crippen molar-refractivity contribution in [3.8, 4) is 11.3 Å². The molecular weight excluding hydrogens is 318 g/mol. The molecule has 0 fully saturated rings. The van der Waals surface area contributed by atoms with Gasteiger partial charge in [0.25, 0.3) is 0 Å². The van der Waals surface area contributed by atoms with Crippen LogP contribution in [-0.2, 0) is 13.0 Å². The van der Waals surface area contributed by atoms with E-state index < -0.39 is 0 Å². The fourth-order valence-electron chi connectivity index (χ4n) is 2.67. The Kier molecular flexibility index (Phi) is 3.96. The first-order chi connectivity index (χ1) is 11.8. The summed E-state index contributed by atoms with van der Waals surface area (Å²) in [5.74, 6) is 0.953. The third kappa shape index (κ3) is 2.76. The minimum atomic E-state index is 0.705. The lowest BCUT2D eigenvalue weighted by Crippen LogP contribution is -2.07. The van der Waals surface area contributed by atoms with Crippen LogP contribution >= 0.6 is 11.3 Å². The highest BCUT2D eigenvalue weighted by atomic mass is 32.1.